The first-order chi connectivity index (χ1) is 23.1. The highest BCUT2D eigenvalue weighted by molar-refractivity contribution is 6.64. The quantitative estimate of drug-likeness (QED) is 0.191. The molecule has 244 valence electrons. The molecule has 6 atom stereocenters. The van der Waals surface area contributed by atoms with Crippen LogP contribution >= 0.6 is 11.6 Å². The molecular formula is C44H46BClO2. The molecule has 0 amide bonds. The van der Waals surface area contributed by atoms with Gasteiger partial charge in [-0.05, 0) is 140 Å². The summed E-state index contributed by atoms with van der Waals surface area (Å²) >= 11 is 6.56. The second-order valence-corrected chi connectivity index (χ2v) is 17.6. The van der Waals surface area contributed by atoms with Crippen molar-refractivity contribution in [3.63, 3.8) is 0 Å². The van der Waals surface area contributed by atoms with E-state index >= 15 is 0 Å². The van der Waals surface area contributed by atoms with E-state index < -0.39 is 0 Å². The fraction of sp³-hybridized carbons (Fsp3) is 0.455. The topological polar surface area (TPSA) is 18.5 Å². The van der Waals surface area contributed by atoms with E-state index in [0.717, 1.165) is 28.7 Å². The third-order valence-corrected chi connectivity index (χ3v) is 14.9. The van der Waals surface area contributed by atoms with Crippen molar-refractivity contribution in [2.24, 2.45) is 23.7 Å². The van der Waals surface area contributed by atoms with Crippen LogP contribution in [0.25, 0.3) is 22.3 Å². The molecule has 4 bridgehead atoms. The molecule has 0 radical (unpaired) electrons. The minimum atomic E-state index is -0.317. The Morgan fingerprint density at radius 3 is 1.56 bits per heavy atom. The SMILES string of the molecule is CC1(C)OB(c2cccc3c2-c2ccccc2C32CC3CCC2C3)OC1(C)C.Clc1cccc2c1-c1ccccc1C21CC2CCC1C2. The van der Waals surface area contributed by atoms with E-state index in [1.54, 1.807) is 11.1 Å². The van der Waals surface area contributed by atoms with Crippen LogP contribution in [0.2, 0.25) is 5.02 Å². The lowest BCUT2D eigenvalue weighted by molar-refractivity contribution is 0.00578. The lowest BCUT2D eigenvalue weighted by atomic mass is 9.66. The van der Waals surface area contributed by atoms with Gasteiger partial charge in [-0.1, -0.05) is 103 Å². The Kier molecular flexibility index (Phi) is 6.33. The standard InChI is InChI=1S/C25H29BO2.C19H17Cl/c1-23(2)24(3,4)28-26(27-23)21-11-7-10-20-22(21)18-8-5-6-9-19(18)25(20)15-16-12-13-17(25)14-16;20-17-7-3-6-16-18(17)14-4-1-2-5-15(14)19(16)11-12-8-9-13(19)10-12/h5-11,16-17H,12-15H2,1-4H3;1-7,12-13H,8-11H2. The summed E-state index contributed by atoms with van der Waals surface area (Å²) < 4.78 is 13.0. The minimum absolute atomic E-state index is 0.217. The van der Waals surface area contributed by atoms with Gasteiger partial charge in [-0.2, -0.15) is 0 Å². The van der Waals surface area contributed by atoms with Crippen molar-refractivity contribution in [1.82, 2.24) is 0 Å². The predicted octanol–water partition coefficient (Wildman–Crippen LogP) is 10.5. The van der Waals surface area contributed by atoms with E-state index in [0.29, 0.717) is 0 Å². The third kappa shape index (κ3) is 3.79. The van der Waals surface area contributed by atoms with Crippen LogP contribution < -0.4 is 5.46 Å². The monoisotopic (exact) mass is 652 g/mol. The van der Waals surface area contributed by atoms with Gasteiger partial charge in [0.15, 0.2) is 0 Å². The second-order valence-electron chi connectivity index (χ2n) is 17.2. The molecule has 11 rings (SSSR count). The zero-order valence-electron chi connectivity index (χ0n) is 28.8. The van der Waals surface area contributed by atoms with Crippen LogP contribution in [-0.2, 0) is 20.1 Å². The number of halogens is 1. The summed E-state index contributed by atoms with van der Waals surface area (Å²) in [4.78, 5) is 0. The molecular weight excluding hydrogens is 607 g/mol. The Balaban J connectivity index is 0.000000130. The van der Waals surface area contributed by atoms with Gasteiger partial charge in [0.05, 0.1) is 11.2 Å². The van der Waals surface area contributed by atoms with E-state index in [2.05, 4.69) is 107 Å². The molecule has 5 fully saturated rings. The highest BCUT2D eigenvalue weighted by atomic mass is 35.5. The van der Waals surface area contributed by atoms with Gasteiger partial charge in [-0.3, -0.25) is 0 Å². The van der Waals surface area contributed by atoms with Crippen LogP contribution in [0.5, 0.6) is 0 Å². The molecule has 2 nitrogen and oxygen atoms in total. The number of hydrogen-bond donors (Lipinski definition) is 0. The van der Waals surface area contributed by atoms with Crippen molar-refractivity contribution in [3.05, 3.63) is 112 Å². The summed E-state index contributed by atoms with van der Waals surface area (Å²) in [6.45, 7) is 8.56. The van der Waals surface area contributed by atoms with Crippen molar-refractivity contribution >= 4 is 24.2 Å². The maximum absolute atomic E-state index is 6.56. The maximum Gasteiger partial charge on any atom is 0.495 e. The van der Waals surface area contributed by atoms with Crippen molar-refractivity contribution < 1.29 is 9.31 Å². The Bertz CT molecular complexity index is 1960. The van der Waals surface area contributed by atoms with Crippen LogP contribution in [0.1, 0.15) is 101 Å². The van der Waals surface area contributed by atoms with E-state index in [1.165, 1.54) is 90.2 Å². The van der Waals surface area contributed by atoms with Crippen LogP contribution in [0.4, 0.5) is 0 Å². The van der Waals surface area contributed by atoms with Gasteiger partial charge in [-0.25, -0.2) is 0 Å². The Morgan fingerprint density at radius 1 is 0.562 bits per heavy atom. The summed E-state index contributed by atoms with van der Waals surface area (Å²) in [6, 6.07) is 31.5. The second kappa shape index (κ2) is 10.1. The molecule has 1 saturated heterocycles. The average molecular weight is 653 g/mol. The summed E-state index contributed by atoms with van der Waals surface area (Å²) in [7, 11) is -0.304. The van der Waals surface area contributed by atoms with Crippen LogP contribution in [0.15, 0.2) is 84.9 Å². The van der Waals surface area contributed by atoms with E-state index in [-0.39, 0.29) is 29.2 Å². The fourth-order valence-electron chi connectivity index (χ4n) is 12.0. The van der Waals surface area contributed by atoms with Crippen molar-refractivity contribution in [2.45, 2.75) is 101 Å². The van der Waals surface area contributed by atoms with Gasteiger partial charge in [0.2, 0.25) is 0 Å². The highest BCUT2D eigenvalue weighted by Gasteiger charge is 2.59. The molecule has 6 aliphatic carbocycles. The van der Waals surface area contributed by atoms with Gasteiger partial charge in [-0.15, -0.1) is 0 Å². The zero-order valence-corrected chi connectivity index (χ0v) is 29.6. The Hall–Kier alpha value is -2.85. The summed E-state index contributed by atoms with van der Waals surface area (Å²) in [5.74, 6) is 3.43. The molecule has 6 unspecified atom stereocenters. The summed E-state index contributed by atoms with van der Waals surface area (Å²) in [6.07, 6.45) is 11.1. The fourth-order valence-corrected chi connectivity index (χ4v) is 12.3. The largest absolute Gasteiger partial charge is 0.495 e. The van der Waals surface area contributed by atoms with Crippen LogP contribution in [0, 0.1) is 23.7 Å². The van der Waals surface area contributed by atoms with E-state index in [1.807, 2.05) is 6.07 Å². The first-order valence-electron chi connectivity index (χ1n) is 18.6. The molecule has 1 aliphatic heterocycles. The highest BCUT2D eigenvalue weighted by Crippen LogP contribution is 2.67. The van der Waals surface area contributed by atoms with Crippen molar-refractivity contribution in [1.29, 1.82) is 0 Å². The predicted molar refractivity (Wildman–Crippen MR) is 197 cm³/mol. The summed E-state index contributed by atoms with van der Waals surface area (Å²) in [5.41, 5.74) is 12.7. The van der Waals surface area contributed by atoms with Gasteiger partial charge >= 0.3 is 7.12 Å². The molecule has 2 spiro atoms. The van der Waals surface area contributed by atoms with Crippen molar-refractivity contribution in [2.75, 3.05) is 0 Å². The molecule has 4 saturated carbocycles. The van der Waals surface area contributed by atoms with Gasteiger partial charge in [0, 0.05) is 21.4 Å². The number of fused-ring (bicyclic) bond motifs is 16. The van der Waals surface area contributed by atoms with Crippen LogP contribution in [-0.4, -0.2) is 18.3 Å². The zero-order chi connectivity index (χ0) is 32.6. The summed E-state index contributed by atoms with van der Waals surface area (Å²) in [5, 5.41) is 0.926. The average Bonchev–Trinajstić information content (AvgIpc) is 3.95. The van der Waals surface area contributed by atoms with E-state index in [9.17, 15) is 0 Å². The molecule has 1 heterocycles. The van der Waals surface area contributed by atoms with Gasteiger partial charge < -0.3 is 9.31 Å². The van der Waals surface area contributed by atoms with Crippen LogP contribution in [0.3, 0.4) is 0 Å². The molecule has 48 heavy (non-hydrogen) atoms. The Labute approximate surface area is 291 Å². The maximum atomic E-state index is 6.56. The number of benzene rings is 4. The lowest BCUT2D eigenvalue weighted by Gasteiger charge is -2.36. The molecule has 7 aliphatic rings. The van der Waals surface area contributed by atoms with E-state index in [4.69, 9.17) is 20.9 Å². The first-order valence-corrected chi connectivity index (χ1v) is 19.0. The molecule has 0 N–H and O–H groups in total. The lowest BCUT2D eigenvalue weighted by Crippen LogP contribution is -2.41. The molecule has 4 aromatic carbocycles. The molecule has 0 aromatic heterocycles. The molecule has 4 heteroatoms. The van der Waals surface area contributed by atoms with Gasteiger partial charge in [0.1, 0.15) is 0 Å². The minimum Gasteiger partial charge on any atom is -0.399 e. The Morgan fingerprint density at radius 2 is 1.04 bits per heavy atom. The smallest absolute Gasteiger partial charge is 0.399 e. The first kappa shape index (κ1) is 30.0. The number of hydrogen-bond acceptors (Lipinski definition) is 2. The number of rotatable bonds is 1. The normalized spacial score (nSPS) is 33.1. The van der Waals surface area contributed by atoms with Crippen molar-refractivity contribution in [3.8, 4) is 22.3 Å². The third-order valence-electron chi connectivity index (χ3n) is 14.6. The van der Waals surface area contributed by atoms with Gasteiger partial charge in [0.25, 0.3) is 0 Å². The molecule has 4 aromatic rings.